The summed E-state index contributed by atoms with van der Waals surface area (Å²) in [6, 6.07) is 13.7. The predicted octanol–water partition coefficient (Wildman–Crippen LogP) is 2.84. The number of benzene rings is 2. The number of esters is 1. The average molecular weight is 517 g/mol. The van der Waals surface area contributed by atoms with Gasteiger partial charge in [0.05, 0.1) is 11.1 Å². The largest absolute Gasteiger partial charge is 0.454 e. The number of nitrogens with zero attached hydrogens (tertiary/aromatic N) is 4. The van der Waals surface area contributed by atoms with E-state index in [1.54, 1.807) is 4.90 Å². The van der Waals surface area contributed by atoms with Crippen LogP contribution >= 0.6 is 0 Å². The van der Waals surface area contributed by atoms with E-state index in [1.807, 2.05) is 42.5 Å². The molecular formula is C29H32N4O5. The maximum atomic E-state index is 13.4. The summed E-state index contributed by atoms with van der Waals surface area (Å²) in [5.41, 5.74) is 4.35. The van der Waals surface area contributed by atoms with Crippen molar-refractivity contribution in [1.82, 2.24) is 19.7 Å². The molecule has 0 unspecified atom stereocenters. The molecule has 3 aromatic rings. The van der Waals surface area contributed by atoms with E-state index >= 15 is 0 Å². The first-order valence-corrected chi connectivity index (χ1v) is 13.3. The summed E-state index contributed by atoms with van der Waals surface area (Å²) in [5.74, 6) is 0.946. The summed E-state index contributed by atoms with van der Waals surface area (Å²) in [4.78, 5) is 37.5. The maximum absolute atomic E-state index is 13.4. The monoisotopic (exact) mass is 516 g/mol. The van der Waals surface area contributed by atoms with Crippen LogP contribution in [-0.4, -0.2) is 84.2 Å². The molecule has 2 aromatic carbocycles. The van der Waals surface area contributed by atoms with Gasteiger partial charge < -0.3 is 19.1 Å². The fraction of sp³-hybridized carbons (Fsp3) is 0.414. The summed E-state index contributed by atoms with van der Waals surface area (Å²) in [7, 11) is 0. The molecule has 6 rings (SSSR count). The molecule has 0 N–H and O–H groups in total. The molecule has 0 saturated carbocycles. The van der Waals surface area contributed by atoms with Gasteiger partial charge >= 0.3 is 5.97 Å². The van der Waals surface area contributed by atoms with Crippen LogP contribution in [0.2, 0.25) is 0 Å². The minimum atomic E-state index is -0.451. The lowest BCUT2D eigenvalue weighted by atomic mass is 9.96. The van der Waals surface area contributed by atoms with Crippen LogP contribution in [0.25, 0.3) is 10.9 Å². The molecule has 1 fully saturated rings. The van der Waals surface area contributed by atoms with E-state index in [2.05, 4.69) is 16.7 Å². The number of rotatable bonds is 6. The molecule has 9 nitrogen and oxygen atoms in total. The van der Waals surface area contributed by atoms with Gasteiger partial charge in [0.15, 0.2) is 18.1 Å². The number of fused-ring (bicyclic) bond motifs is 3. The number of hydrogen-bond acceptors (Lipinski definition) is 8. The van der Waals surface area contributed by atoms with Crippen LogP contribution in [0, 0.1) is 0 Å². The Morgan fingerprint density at radius 1 is 0.974 bits per heavy atom. The molecule has 4 heterocycles. The van der Waals surface area contributed by atoms with Gasteiger partial charge in [-0.05, 0) is 30.3 Å². The number of aromatic nitrogens is 1. The first-order valence-electron chi connectivity index (χ1n) is 13.3. The lowest BCUT2D eigenvalue weighted by Gasteiger charge is -2.34. The number of hydrogen-bond donors (Lipinski definition) is 0. The van der Waals surface area contributed by atoms with Crippen molar-refractivity contribution in [2.45, 2.75) is 26.4 Å². The van der Waals surface area contributed by atoms with E-state index in [4.69, 9.17) is 19.2 Å². The lowest BCUT2D eigenvalue weighted by Crippen LogP contribution is -2.49. The molecule has 3 aliphatic heterocycles. The van der Waals surface area contributed by atoms with Crippen molar-refractivity contribution in [3.8, 4) is 11.5 Å². The average Bonchev–Trinajstić information content (AvgIpc) is 3.42. The summed E-state index contributed by atoms with van der Waals surface area (Å²) < 4.78 is 16.5. The van der Waals surface area contributed by atoms with Crippen LogP contribution in [0.5, 0.6) is 11.5 Å². The van der Waals surface area contributed by atoms with Gasteiger partial charge in [-0.3, -0.25) is 19.6 Å². The Balaban J connectivity index is 1.08. The van der Waals surface area contributed by atoms with Crippen LogP contribution in [0.1, 0.15) is 34.1 Å². The van der Waals surface area contributed by atoms with Gasteiger partial charge in [-0.25, -0.2) is 4.79 Å². The zero-order valence-electron chi connectivity index (χ0n) is 21.6. The molecule has 0 bridgehead atoms. The Kier molecular flexibility index (Phi) is 6.86. The molecular weight excluding hydrogens is 484 g/mol. The zero-order chi connectivity index (χ0) is 26.1. The van der Waals surface area contributed by atoms with Crippen LogP contribution < -0.4 is 9.47 Å². The second-order valence-electron chi connectivity index (χ2n) is 9.97. The normalized spacial score (nSPS) is 17.4. The van der Waals surface area contributed by atoms with E-state index in [0.29, 0.717) is 25.2 Å². The van der Waals surface area contributed by atoms with Crippen molar-refractivity contribution >= 4 is 22.8 Å². The SMILES string of the molecule is CCN1CCc2nc3ccccc3c(C(=O)OCC(=O)N3CCN(Cc4ccc5c(c4)OCO5)CC3)c2C1. The first-order chi connectivity index (χ1) is 18.6. The number of carbonyl (C=O) groups excluding carboxylic acids is 2. The third kappa shape index (κ3) is 4.91. The van der Waals surface area contributed by atoms with Crippen molar-refractivity contribution in [2.75, 3.05) is 52.7 Å². The number of para-hydroxylation sites is 1. The van der Waals surface area contributed by atoms with Gasteiger partial charge in [-0.1, -0.05) is 31.2 Å². The van der Waals surface area contributed by atoms with E-state index in [1.165, 1.54) is 0 Å². The maximum Gasteiger partial charge on any atom is 0.339 e. The minimum Gasteiger partial charge on any atom is -0.454 e. The Morgan fingerprint density at radius 3 is 2.63 bits per heavy atom. The van der Waals surface area contributed by atoms with Gasteiger partial charge in [-0.15, -0.1) is 0 Å². The Labute approximate surface area is 221 Å². The van der Waals surface area contributed by atoms with Crippen molar-refractivity contribution in [3.05, 3.63) is 64.8 Å². The second kappa shape index (κ2) is 10.6. The third-order valence-corrected chi connectivity index (χ3v) is 7.67. The Hall–Kier alpha value is -3.69. The summed E-state index contributed by atoms with van der Waals surface area (Å²) in [5, 5.41) is 0.777. The van der Waals surface area contributed by atoms with E-state index in [9.17, 15) is 9.59 Å². The smallest absolute Gasteiger partial charge is 0.339 e. The highest BCUT2D eigenvalue weighted by Gasteiger charge is 2.28. The highest BCUT2D eigenvalue weighted by Crippen LogP contribution is 2.33. The first kappa shape index (κ1) is 24.6. The molecule has 38 heavy (non-hydrogen) atoms. The van der Waals surface area contributed by atoms with Gasteiger partial charge in [0.1, 0.15) is 0 Å². The molecule has 198 valence electrons. The van der Waals surface area contributed by atoms with Crippen LogP contribution in [-0.2, 0) is 29.0 Å². The number of pyridine rings is 1. The van der Waals surface area contributed by atoms with E-state index in [-0.39, 0.29) is 19.3 Å². The zero-order valence-corrected chi connectivity index (χ0v) is 21.6. The summed E-state index contributed by atoms with van der Waals surface area (Å²) in [6.07, 6.45) is 0.795. The van der Waals surface area contributed by atoms with Crippen molar-refractivity contribution in [1.29, 1.82) is 0 Å². The molecule has 9 heteroatoms. The molecule has 1 amide bonds. The second-order valence-corrected chi connectivity index (χ2v) is 9.97. The fourth-order valence-electron chi connectivity index (χ4n) is 5.49. The minimum absolute atomic E-state index is 0.163. The topological polar surface area (TPSA) is 84.4 Å². The fourth-order valence-corrected chi connectivity index (χ4v) is 5.49. The molecule has 0 aliphatic carbocycles. The Bertz CT molecular complexity index is 1370. The summed E-state index contributed by atoms with van der Waals surface area (Å²) in [6.45, 7) is 8.08. The molecule has 0 atom stereocenters. The highest BCUT2D eigenvalue weighted by atomic mass is 16.7. The van der Waals surface area contributed by atoms with Crippen molar-refractivity contribution < 1.29 is 23.8 Å². The highest BCUT2D eigenvalue weighted by molar-refractivity contribution is 6.05. The van der Waals surface area contributed by atoms with E-state index < -0.39 is 5.97 Å². The van der Waals surface area contributed by atoms with Crippen molar-refractivity contribution in [2.24, 2.45) is 0 Å². The molecule has 3 aliphatic rings. The van der Waals surface area contributed by atoms with Gasteiger partial charge in [0, 0.05) is 68.9 Å². The number of ether oxygens (including phenoxy) is 3. The molecule has 0 radical (unpaired) electrons. The van der Waals surface area contributed by atoms with Crippen LogP contribution in [0.15, 0.2) is 42.5 Å². The van der Waals surface area contributed by atoms with Crippen LogP contribution in [0.3, 0.4) is 0 Å². The molecule has 1 saturated heterocycles. The van der Waals surface area contributed by atoms with E-state index in [0.717, 1.165) is 78.4 Å². The van der Waals surface area contributed by atoms with Gasteiger partial charge in [-0.2, -0.15) is 0 Å². The lowest BCUT2D eigenvalue weighted by molar-refractivity contribution is -0.136. The standard InChI is InChI=1S/C29H32N4O5/c1-2-31-10-9-24-22(17-31)28(21-5-3-4-6-23(21)30-24)29(35)36-18-27(34)33-13-11-32(12-14-33)16-20-7-8-25-26(15-20)38-19-37-25/h3-8,15H,2,9-14,16-19H2,1H3. The predicted molar refractivity (Wildman–Crippen MR) is 141 cm³/mol. The molecule has 0 spiro atoms. The molecule has 1 aromatic heterocycles. The van der Waals surface area contributed by atoms with Crippen molar-refractivity contribution in [3.63, 3.8) is 0 Å². The van der Waals surface area contributed by atoms with Gasteiger partial charge in [0.25, 0.3) is 5.91 Å². The number of carbonyl (C=O) groups is 2. The number of amides is 1. The van der Waals surface area contributed by atoms with Crippen LogP contribution in [0.4, 0.5) is 0 Å². The van der Waals surface area contributed by atoms with Gasteiger partial charge in [0.2, 0.25) is 6.79 Å². The number of likely N-dealkylation sites (N-methyl/N-ethyl adjacent to an activating group) is 1. The number of piperazine rings is 1. The summed E-state index contributed by atoms with van der Waals surface area (Å²) >= 11 is 0. The third-order valence-electron chi connectivity index (χ3n) is 7.67. The Morgan fingerprint density at radius 2 is 1.79 bits per heavy atom. The quantitative estimate of drug-likeness (QED) is 0.463.